The number of imidazole rings is 1. The highest BCUT2D eigenvalue weighted by Crippen LogP contribution is 2.32. The maximum Gasteiger partial charge on any atom is 0.130 e. The lowest BCUT2D eigenvalue weighted by Gasteiger charge is -2.35. The molecule has 1 fully saturated rings. The van der Waals surface area contributed by atoms with Crippen molar-refractivity contribution in [2.45, 2.75) is 6.04 Å². The lowest BCUT2D eigenvalue weighted by atomic mass is 10.0. The van der Waals surface area contributed by atoms with Crippen molar-refractivity contribution in [2.24, 2.45) is 7.05 Å². The number of nitrogens with zero attached hydrogens (tertiary/aromatic N) is 3. The van der Waals surface area contributed by atoms with Gasteiger partial charge < -0.3 is 9.88 Å². The minimum Gasteiger partial charge on any atom is -0.336 e. The molecule has 2 aromatic rings. The molecule has 1 N–H and O–H groups in total. The highest BCUT2D eigenvalue weighted by Gasteiger charge is 2.28. The normalized spacial score (nSPS) is 18.1. The van der Waals surface area contributed by atoms with E-state index in [-0.39, 0.29) is 6.04 Å². The first-order chi connectivity index (χ1) is 9.77. The van der Waals surface area contributed by atoms with E-state index in [0.29, 0.717) is 0 Å². The number of piperazine rings is 1. The number of aryl methyl sites for hydroxylation is 1. The monoisotopic (exact) mass is 290 g/mol. The van der Waals surface area contributed by atoms with Crippen molar-refractivity contribution in [3.8, 4) is 0 Å². The van der Waals surface area contributed by atoms with E-state index in [2.05, 4.69) is 25.8 Å². The van der Waals surface area contributed by atoms with Crippen LogP contribution in [-0.4, -0.2) is 40.6 Å². The van der Waals surface area contributed by atoms with Crippen molar-refractivity contribution >= 4 is 11.6 Å². The summed E-state index contributed by atoms with van der Waals surface area (Å²) in [6, 6.07) is 8.18. The summed E-state index contributed by atoms with van der Waals surface area (Å²) in [6.07, 6.45) is 3.84. The Kier molecular flexibility index (Phi) is 4.05. The molecule has 106 valence electrons. The second kappa shape index (κ2) is 5.95. The quantitative estimate of drug-likeness (QED) is 0.939. The van der Waals surface area contributed by atoms with E-state index < -0.39 is 0 Å². The molecule has 0 saturated carbocycles. The Labute approximate surface area is 124 Å². The summed E-state index contributed by atoms with van der Waals surface area (Å²) in [5.74, 6) is 1.04. The van der Waals surface area contributed by atoms with Gasteiger partial charge in [0.2, 0.25) is 0 Å². The SMILES string of the molecule is Cn1ccnc1C(c1ccccc1Cl)N1CCNCC1. The Balaban J connectivity index is 2.03. The van der Waals surface area contributed by atoms with E-state index in [1.165, 1.54) is 0 Å². The largest absolute Gasteiger partial charge is 0.336 e. The molecular weight excluding hydrogens is 272 g/mol. The fraction of sp³-hybridized carbons (Fsp3) is 0.400. The van der Waals surface area contributed by atoms with Gasteiger partial charge in [-0.2, -0.15) is 0 Å². The Morgan fingerprint density at radius 2 is 2.00 bits per heavy atom. The first-order valence-corrected chi connectivity index (χ1v) is 7.31. The van der Waals surface area contributed by atoms with Crippen LogP contribution in [0.1, 0.15) is 17.4 Å². The van der Waals surface area contributed by atoms with Crippen LogP contribution in [0.2, 0.25) is 5.02 Å². The van der Waals surface area contributed by atoms with Crippen molar-refractivity contribution in [1.29, 1.82) is 0 Å². The minimum absolute atomic E-state index is 0.116. The lowest BCUT2D eigenvalue weighted by Crippen LogP contribution is -2.46. The number of benzene rings is 1. The third-order valence-electron chi connectivity index (χ3n) is 3.82. The van der Waals surface area contributed by atoms with E-state index >= 15 is 0 Å². The van der Waals surface area contributed by atoms with Gasteiger partial charge >= 0.3 is 0 Å². The van der Waals surface area contributed by atoms with Crippen LogP contribution in [0.5, 0.6) is 0 Å². The molecule has 1 saturated heterocycles. The second-order valence-corrected chi connectivity index (χ2v) is 5.51. The van der Waals surface area contributed by atoms with E-state index in [4.69, 9.17) is 11.6 Å². The molecule has 1 unspecified atom stereocenters. The predicted molar refractivity (Wildman–Crippen MR) is 80.9 cm³/mol. The van der Waals surface area contributed by atoms with Gasteiger partial charge in [0.05, 0.1) is 6.04 Å². The Hall–Kier alpha value is -1.36. The second-order valence-electron chi connectivity index (χ2n) is 5.11. The number of hydrogen-bond acceptors (Lipinski definition) is 3. The summed E-state index contributed by atoms with van der Waals surface area (Å²) in [4.78, 5) is 7.00. The van der Waals surface area contributed by atoms with Gasteiger partial charge in [0.1, 0.15) is 5.82 Å². The molecule has 0 aliphatic carbocycles. The van der Waals surface area contributed by atoms with Gasteiger partial charge in [-0.05, 0) is 11.6 Å². The molecule has 0 spiro atoms. The van der Waals surface area contributed by atoms with Gasteiger partial charge in [-0.3, -0.25) is 4.90 Å². The third-order valence-corrected chi connectivity index (χ3v) is 4.16. The zero-order valence-electron chi connectivity index (χ0n) is 11.6. The summed E-state index contributed by atoms with van der Waals surface area (Å²) in [5.41, 5.74) is 1.13. The first-order valence-electron chi connectivity index (χ1n) is 6.94. The van der Waals surface area contributed by atoms with E-state index in [0.717, 1.165) is 42.6 Å². The third kappa shape index (κ3) is 2.59. The Morgan fingerprint density at radius 1 is 1.25 bits per heavy atom. The van der Waals surface area contributed by atoms with Crippen LogP contribution in [0.4, 0.5) is 0 Å². The molecule has 1 aliphatic rings. The standard InChI is InChI=1S/C15H19ClN4/c1-19-9-8-18-15(19)14(20-10-6-17-7-11-20)12-4-2-3-5-13(12)16/h2-5,8-9,14,17H,6-7,10-11H2,1H3. The number of aromatic nitrogens is 2. The molecule has 2 heterocycles. The topological polar surface area (TPSA) is 33.1 Å². The van der Waals surface area contributed by atoms with Crippen LogP contribution >= 0.6 is 11.6 Å². The molecule has 5 heteroatoms. The first kappa shape index (κ1) is 13.6. The number of hydrogen-bond donors (Lipinski definition) is 1. The van der Waals surface area contributed by atoms with Crippen molar-refractivity contribution in [3.63, 3.8) is 0 Å². The van der Waals surface area contributed by atoms with Gasteiger partial charge in [0.25, 0.3) is 0 Å². The molecule has 1 atom stereocenters. The molecule has 3 rings (SSSR count). The Bertz CT molecular complexity index is 575. The number of nitrogens with one attached hydrogen (secondary N) is 1. The van der Waals surface area contributed by atoms with Gasteiger partial charge in [-0.15, -0.1) is 0 Å². The molecule has 1 aromatic carbocycles. The zero-order chi connectivity index (χ0) is 13.9. The number of rotatable bonds is 3. The van der Waals surface area contributed by atoms with E-state index in [9.17, 15) is 0 Å². The summed E-state index contributed by atoms with van der Waals surface area (Å²) >= 11 is 6.43. The van der Waals surface area contributed by atoms with Gasteiger partial charge in [-0.1, -0.05) is 29.8 Å². The summed E-state index contributed by atoms with van der Waals surface area (Å²) in [7, 11) is 2.04. The van der Waals surface area contributed by atoms with Crippen LogP contribution in [0.3, 0.4) is 0 Å². The highest BCUT2D eigenvalue weighted by molar-refractivity contribution is 6.31. The maximum absolute atomic E-state index is 6.43. The zero-order valence-corrected chi connectivity index (χ0v) is 12.3. The van der Waals surface area contributed by atoms with Crippen molar-refractivity contribution < 1.29 is 0 Å². The molecule has 0 amide bonds. The Morgan fingerprint density at radius 3 is 2.65 bits per heavy atom. The van der Waals surface area contributed by atoms with Crippen LogP contribution < -0.4 is 5.32 Å². The van der Waals surface area contributed by atoms with E-state index in [1.54, 1.807) is 0 Å². The minimum atomic E-state index is 0.116. The van der Waals surface area contributed by atoms with Gasteiger partial charge in [-0.25, -0.2) is 4.98 Å². The fourth-order valence-corrected chi connectivity index (χ4v) is 3.02. The van der Waals surface area contributed by atoms with Crippen molar-refractivity contribution in [2.75, 3.05) is 26.2 Å². The molecular formula is C15H19ClN4. The summed E-state index contributed by atoms with van der Waals surface area (Å²) in [5, 5.41) is 4.20. The van der Waals surface area contributed by atoms with Crippen molar-refractivity contribution in [1.82, 2.24) is 19.8 Å². The fourth-order valence-electron chi connectivity index (χ4n) is 2.78. The van der Waals surface area contributed by atoms with Gasteiger partial charge in [0, 0.05) is 50.6 Å². The highest BCUT2D eigenvalue weighted by atomic mass is 35.5. The van der Waals surface area contributed by atoms with E-state index in [1.807, 2.05) is 37.6 Å². The molecule has 0 bridgehead atoms. The van der Waals surface area contributed by atoms with Crippen LogP contribution in [0.15, 0.2) is 36.7 Å². The number of halogens is 1. The molecule has 0 radical (unpaired) electrons. The summed E-state index contributed by atoms with van der Waals surface area (Å²) < 4.78 is 2.08. The molecule has 1 aliphatic heterocycles. The molecule has 4 nitrogen and oxygen atoms in total. The maximum atomic E-state index is 6.43. The van der Waals surface area contributed by atoms with Crippen LogP contribution in [0, 0.1) is 0 Å². The summed E-state index contributed by atoms with van der Waals surface area (Å²) in [6.45, 7) is 4.02. The van der Waals surface area contributed by atoms with Crippen molar-refractivity contribution in [3.05, 3.63) is 53.1 Å². The average molecular weight is 291 g/mol. The smallest absolute Gasteiger partial charge is 0.130 e. The van der Waals surface area contributed by atoms with Crippen LogP contribution in [0.25, 0.3) is 0 Å². The predicted octanol–water partition coefficient (Wildman–Crippen LogP) is 2.07. The average Bonchev–Trinajstić information content (AvgIpc) is 2.89. The van der Waals surface area contributed by atoms with Gasteiger partial charge in [0.15, 0.2) is 0 Å². The molecule has 20 heavy (non-hydrogen) atoms. The molecule has 1 aromatic heterocycles. The van der Waals surface area contributed by atoms with Crippen LogP contribution in [-0.2, 0) is 7.05 Å². The lowest BCUT2D eigenvalue weighted by molar-refractivity contribution is 0.190.